The Bertz CT molecular complexity index is 839. The summed E-state index contributed by atoms with van der Waals surface area (Å²) in [5, 5.41) is 14.5. The highest BCUT2D eigenvalue weighted by atomic mass is 16.5. The van der Waals surface area contributed by atoms with Gasteiger partial charge in [0.25, 0.3) is 0 Å². The first-order chi connectivity index (χ1) is 13.7. The molecule has 2 unspecified atom stereocenters. The van der Waals surface area contributed by atoms with Crippen molar-refractivity contribution >= 4 is 11.9 Å². The fourth-order valence-electron chi connectivity index (χ4n) is 6.70. The van der Waals surface area contributed by atoms with Crippen LogP contribution >= 0.6 is 0 Å². The second-order valence-corrected chi connectivity index (χ2v) is 9.17. The van der Waals surface area contributed by atoms with E-state index in [1.807, 2.05) is 6.07 Å². The van der Waals surface area contributed by atoms with E-state index in [1.54, 1.807) is 7.11 Å². The minimum Gasteiger partial charge on any atom is -0.497 e. The Kier molecular flexibility index (Phi) is 4.88. The Hall–Kier alpha value is -2.08. The van der Waals surface area contributed by atoms with Gasteiger partial charge in [0.1, 0.15) is 11.9 Å². The molecule has 6 nitrogen and oxygen atoms in total. The van der Waals surface area contributed by atoms with Crippen LogP contribution in [0.4, 0.5) is 0 Å². The van der Waals surface area contributed by atoms with Crippen molar-refractivity contribution in [2.24, 2.45) is 11.3 Å². The molecule has 0 spiro atoms. The van der Waals surface area contributed by atoms with Crippen LogP contribution in [0.1, 0.15) is 63.5 Å². The molecular formula is C23H31NO5. The van der Waals surface area contributed by atoms with Crippen LogP contribution in [0.15, 0.2) is 18.2 Å². The van der Waals surface area contributed by atoms with E-state index in [9.17, 15) is 14.7 Å². The molecule has 2 N–H and O–H groups in total. The van der Waals surface area contributed by atoms with Gasteiger partial charge in [-0.15, -0.1) is 0 Å². The minimum atomic E-state index is -0.806. The van der Waals surface area contributed by atoms with Gasteiger partial charge < -0.3 is 19.9 Å². The molecule has 4 rings (SSSR count). The predicted octanol–water partition coefficient (Wildman–Crippen LogP) is 2.71. The number of methoxy groups -OCH3 is 1. The average Bonchev–Trinajstić information content (AvgIpc) is 2.87. The molecule has 6 heteroatoms. The van der Waals surface area contributed by atoms with E-state index in [1.165, 1.54) is 25.0 Å². The van der Waals surface area contributed by atoms with Crippen LogP contribution in [0.2, 0.25) is 0 Å². The van der Waals surface area contributed by atoms with E-state index in [4.69, 9.17) is 9.47 Å². The van der Waals surface area contributed by atoms with E-state index >= 15 is 0 Å². The summed E-state index contributed by atoms with van der Waals surface area (Å²) >= 11 is 0. The van der Waals surface area contributed by atoms with Gasteiger partial charge in [0, 0.05) is 25.7 Å². The summed E-state index contributed by atoms with van der Waals surface area (Å²) in [6.07, 6.45) is 2.64. The number of esters is 1. The number of hydrogen-bond acceptors (Lipinski definition) is 5. The summed E-state index contributed by atoms with van der Waals surface area (Å²) in [4.78, 5) is 24.1. The van der Waals surface area contributed by atoms with E-state index in [0.717, 1.165) is 31.4 Å². The molecule has 1 aromatic rings. The lowest BCUT2D eigenvalue weighted by Crippen LogP contribution is -2.70. The number of carbonyl (C=O) groups excluding carboxylic acids is 2. The molecule has 6 atom stereocenters. The predicted molar refractivity (Wildman–Crippen MR) is 108 cm³/mol. The van der Waals surface area contributed by atoms with Gasteiger partial charge >= 0.3 is 5.97 Å². The first-order valence-corrected chi connectivity index (χ1v) is 10.5. The summed E-state index contributed by atoms with van der Waals surface area (Å²) in [6.45, 7) is 4.99. The molecule has 3 aliphatic rings. The quantitative estimate of drug-likeness (QED) is 0.761. The molecule has 0 heterocycles. The van der Waals surface area contributed by atoms with Crippen molar-refractivity contribution in [2.45, 2.75) is 76.5 Å². The summed E-state index contributed by atoms with van der Waals surface area (Å²) in [5.74, 6) is 0.692. The van der Waals surface area contributed by atoms with Crippen molar-refractivity contribution in [1.29, 1.82) is 0 Å². The molecule has 158 valence electrons. The second-order valence-electron chi connectivity index (χ2n) is 9.17. The first kappa shape index (κ1) is 20.2. The lowest BCUT2D eigenvalue weighted by atomic mass is 9.50. The normalized spacial score (nSPS) is 37.7. The van der Waals surface area contributed by atoms with Crippen LogP contribution in [0.25, 0.3) is 0 Å². The zero-order valence-electron chi connectivity index (χ0n) is 17.7. The Morgan fingerprint density at radius 2 is 2.00 bits per heavy atom. The van der Waals surface area contributed by atoms with Crippen molar-refractivity contribution in [3.8, 4) is 5.75 Å². The largest absolute Gasteiger partial charge is 0.497 e. The molecule has 0 aromatic heterocycles. The Morgan fingerprint density at radius 3 is 2.66 bits per heavy atom. The van der Waals surface area contributed by atoms with Crippen molar-refractivity contribution in [3.05, 3.63) is 29.3 Å². The first-order valence-electron chi connectivity index (χ1n) is 10.5. The monoisotopic (exact) mass is 401 g/mol. The highest BCUT2D eigenvalue weighted by molar-refractivity contribution is 5.74. The van der Waals surface area contributed by atoms with E-state index in [0.29, 0.717) is 6.42 Å². The number of hydrogen-bond donors (Lipinski definition) is 2. The average molecular weight is 402 g/mol. The number of nitrogens with one attached hydrogen (secondary N) is 1. The fraction of sp³-hybridized carbons (Fsp3) is 0.652. The number of aliphatic hydroxyl groups excluding tert-OH is 1. The van der Waals surface area contributed by atoms with Crippen LogP contribution in [-0.2, 0) is 20.7 Å². The number of rotatable bonds is 3. The Balaban J connectivity index is 1.80. The standard InChI is InChI=1S/C23H31NO5/c1-13(25)24-23-19-8-5-15-11-16(28-4)6-7-17(15)18(19)9-10-22(23,3)21(12-20(23)27)29-14(2)26/h6-7,11,18-21,27H,5,8-10,12H2,1-4H3,(H,24,25)/t18-,19-,20?,21?,22-,23+/m1/s1. The summed E-state index contributed by atoms with van der Waals surface area (Å²) in [6, 6.07) is 6.24. The van der Waals surface area contributed by atoms with Crippen molar-refractivity contribution in [1.82, 2.24) is 5.32 Å². The maximum absolute atomic E-state index is 12.3. The molecule has 0 aliphatic heterocycles. The molecule has 0 saturated heterocycles. The van der Waals surface area contributed by atoms with Gasteiger partial charge in [-0.3, -0.25) is 9.59 Å². The number of fused-ring (bicyclic) bond motifs is 5. The maximum Gasteiger partial charge on any atom is 0.302 e. The molecular weight excluding hydrogens is 370 g/mol. The lowest BCUT2D eigenvalue weighted by molar-refractivity contribution is -0.158. The van der Waals surface area contributed by atoms with Crippen molar-refractivity contribution in [3.63, 3.8) is 0 Å². The molecule has 2 fully saturated rings. The van der Waals surface area contributed by atoms with Crippen molar-refractivity contribution < 1.29 is 24.2 Å². The minimum absolute atomic E-state index is 0.0848. The smallest absolute Gasteiger partial charge is 0.302 e. The third kappa shape index (κ3) is 2.87. The van der Waals surface area contributed by atoms with E-state index in [2.05, 4.69) is 24.4 Å². The van der Waals surface area contributed by atoms with E-state index in [-0.39, 0.29) is 23.7 Å². The number of aryl methyl sites for hydroxylation is 1. The number of aliphatic hydroxyl groups is 1. The molecule has 2 saturated carbocycles. The fourth-order valence-corrected chi connectivity index (χ4v) is 6.70. The topological polar surface area (TPSA) is 84.9 Å². The van der Waals surface area contributed by atoms with Crippen LogP contribution in [-0.4, -0.2) is 41.8 Å². The van der Waals surface area contributed by atoms with E-state index < -0.39 is 23.2 Å². The number of carbonyl (C=O) groups is 2. The maximum atomic E-state index is 12.3. The molecule has 0 radical (unpaired) electrons. The molecule has 1 aromatic carbocycles. The van der Waals surface area contributed by atoms with Crippen molar-refractivity contribution in [2.75, 3.05) is 7.11 Å². The highest BCUT2D eigenvalue weighted by Gasteiger charge is 2.70. The second kappa shape index (κ2) is 7.01. The Morgan fingerprint density at radius 1 is 1.24 bits per heavy atom. The third-order valence-corrected chi connectivity index (χ3v) is 7.83. The SMILES string of the molecule is COc1ccc2c(c1)CC[C@@H]1[C@@H]2CC[C@]2(C)C(OC(C)=O)CC(O)[C@@]12NC(C)=O. The molecule has 1 amide bonds. The zero-order chi connectivity index (χ0) is 21.0. The van der Waals surface area contributed by atoms with Crippen LogP contribution < -0.4 is 10.1 Å². The number of benzene rings is 1. The number of ether oxygens (including phenoxy) is 2. The van der Waals surface area contributed by atoms with Crippen LogP contribution in [0, 0.1) is 11.3 Å². The molecule has 0 bridgehead atoms. The van der Waals surface area contributed by atoms with Crippen LogP contribution in [0.5, 0.6) is 5.75 Å². The van der Waals surface area contributed by atoms with Gasteiger partial charge in [0.15, 0.2) is 0 Å². The highest BCUT2D eigenvalue weighted by Crippen LogP contribution is 2.63. The van der Waals surface area contributed by atoms with Crippen LogP contribution in [0.3, 0.4) is 0 Å². The lowest BCUT2D eigenvalue weighted by Gasteiger charge is -2.59. The van der Waals surface area contributed by atoms with Gasteiger partial charge in [-0.2, -0.15) is 0 Å². The third-order valence-electron chi connectivity index (χ3n) is 7.83. The zero-order valence-corrected chi connectivity index (χ0v) is 17.7. The Labute approximate surface area is 172 Å². The summed E-state index contributed by atoms with van der Waals surface area (Å²) < 4.78 is 11.1. The molecule has 29 heavy (non-hydrogen) atoms. The van der Waals surface area contributed by atoms with Gasteiger partial charge in [0.2, 0.25) is 5.91 Å². The van der Waals surface area contributed by atoms with Gasteiger partial charge in [0.05, 0.1) is 18.8 Å². The summed E-state index contributed by atoms with van der Waals surface area (Å²) in [7, 11) is 1.68. The summed E-state index contributed by atoms with van der Waals surface area (Å²) in [5.41, 5.74) is 1.27. The van der Waals surface area contributed by atoms with Gasteiger partial charge in [-0.1, -0.05) is 13.0 Å². The van der Waals surface area contributed by atoms with Gasteiger partial charge in [-0.25, -0.2) is 0 Å². The molecule has 3 aliphatic carbocycles. The van der Waals surface area contributed by atoms with Gasteiger partial charge in [-0.05, 0) is 60.8 Å². The number of amides is 1.